The van der Waals surface area contributed by atoms with Crippen molar-refractivity contribution in [2.75, 3.05) is 5.75 Å². The maximum absolute atomic E-state index is 10.0. The largest absolute Gasteiger partial charge is 0.254 e. The number of rotatable bonds is 1. The first-order chi connectivity index (χ1) is 3.62. The van der Waals surface area contributed by atoms with Crippen LogP contribution >= 0.6 is 0 Å². The van der Waals surface area contributed by atoms with E-state index in [0.29, 0.717) is 0 Å². The summed E-state index contributed by atoms with van der Waals surface area (Å²) in [4.78, 5) is 0. The molecule has 0 saturated carbocycles. The Bertz CT molecular complexity index is 239. The van der Waals surface area contributed by atoms with E-state index in [1.165, 1.54) is 6.07 Å². The zero-order valence-corrected chi connectivity index (χ0v) is 4.64. The fourth-order valence-electron chi connectivity index (χ4n) is 0.117. The molecule has 42 valence electrons. The summed E-state index contributed by atoms with van der Waals surface area (Å²) in [7, 11) is -3.73. The first-order valence-corrected chi connectivity index (χ1v) is 3.28. The van der Waals surface area contributed by atoms with Gasteiger partial charge in [0.05, 0.1) is 6.07 Å². The van der Waals surface area contributed by atoms with E-state index in [-0.39, 0.29) is 0 Å². The molecular formula is C3H2N2O2S. The standard InChI is InChI=1S/C3H2N2O2S/c4-1-2-8(6,7)3-5/h2H2. The number of nitrogens with zero attached hydrogens (tertiary/aromatic N) is 2. The van der Waals surface area contributed by atoms with Gasteiger partial charge < -0.3 is 0 Å². The van der Waals surface area contributed by atoms with E-state index in [0.717, 1.165) is 5.40 Å². The van der Waals surface area contributed by atoms with E-state index in [4.69, 9.17) is 10.5 Å². The van der Waals surface area contributed by atoms with Crippen LogP contribution in [0.4, 0.5) is 0 Å². The summed E-state index contributed by atoms with van der Waals surface area (Å²) in [5, 5.41) is 16.5. The van der Waals surface area contributed by atoms with Crippen LogP contribution < -0.4 is 0 Å². The van der Waals surface area contributed by atoms with Crippen molar-refractivity contribution in [3.8, 4) is 11.5 Å². The molecule has 5 heteroatoms. The lowest BCUT2D eigenvalue weighted by Crippen LogP contribution is -1.98. The Morgan fingerprint density at radius 1 is 1.38 bits per heavy atom. The number of nitriles is 2. The van der Waals surface area contributed by atoms with Crippen molar-refractivity contribution in [3.05, 3.63) is 0 Å². The molecular weight excluding hydrogens is 128 g/mol. The van der Waals surface area contributed by atoms with E-state index in [1.807, 2.05) is 0 Å². The van der Waals surface area contributed by atoms with Gasteiger partial charge in [-0.25, -0.2) is 8.42 Å². The Balaban J connectivity index is 4.31. The van der Waals surface area contributed by atoms with Gasteiger partial charge in [0.15, 0.2) is 11.2 Å². The predicted molar refractivity (Wildman–Crippen MR) is 25.0 cm³/mol. The van der Waals surface area contributed by atoms with Gasteiger partial charge in [0.2, 0.25) is 0 Å². The van der Waals surface area contributed by atoms with Crippen molar-refractivity contribution >= 4 is 9.84 Å². The van der Waals surface area contributed by atoms with Crippen LogP contribution in [0.25, 0.3) is 0 Å². The second-order valence-electron chi connectivity index (χ2n) is 1.01. The Labute approximate surface area is 46.9 Å². The van der Waals surface area contributed by atoms with Gasteiger partial charge in [-0.2, -0.15) is 10.5 Å². The molecule has 0 aromatic rings. The van der Waals surface area contributed by atoms with E-state index in [1.54, 1.807) is 0 Å². The fourth-order valence-corrected chi connectivity index (χ4v) is 0.352. The van der Waals surface area contributed by atoms with E-state index >= 15 is 0 Å². The molecule has 0 aromatic carbocycles. The molecule has 0 aliphatic carbocycles. The highest BCUT2D eigenvalue weighted by Gasteiger charge is 2.04. The maximum atomic E-state index is 10.0. The molecule has 0 rings (SSSR count). The van der Waals surface area contributed by atoms with Crippen LogP contribution in [-0.4, -0.2) is 14.2 Å². The normalized spacial score (nSPS) is 9.25. The van der Waals surface area contributed by atoms with Crippen molar-refractivity contribution in [3.63, 3.8) is 0 Å². The minimum atomic E-state index is -3.73. The first kappa shape index (κ1) is 6.93. The molecule has 0 N–H and O–H groups in total. The highest BCUT2D eigenvalue weighted by atomic mass is 32.2. The lowest BCUT2D eigenvalue weighted by molar-refractivity contribution is 0.608. The predicted octanol–water partition coefficient (Wildman–Crippen LogP) is -0.594. The number of thiocyanates is 1. The third-order valence-electron chi connectivity index (χ3n) is 0.394. The fraction of sp³-hybridized carbons (Fsp3) is 0.333. The molecule has 0 atom stereocenters. The number of sulfone groups is 1. The lowest BCUT2D eigenvalue weighted by atomic mass is 10.9. The summed E-state index contributed by atoms with van der Waals surface area (Å²) in [6.45, 7) is 0. The molecule has 0 aliphatic rings. The van der Waals surface area contributed by atoms with Gasteiger partial charge in [-0.1, -0.05) is 0 Å². The number of hydrogen-bond acceptors (Lipinski definition) is 4. The second kappa shape index (κ2) is 2.29. The van der Waals surface area contributed by atoms with Gasteiger partial charge in [-0.3, -0.25) is 0 Å². The van der Waals surface area contributed by atoms with Gasteiger partial charge in [0, 0.05) is 0 Å². The topological polar surface area (TPSA) is 81.7 Å². The summed E-state index contributed by atoms with van der Waals surface area (Å²) < 4.78 is 20.0. The molecule has 4 nitrogen and oxygen atoms in total. The Hall–Kier alpha value is -1.07. The van der Waals surface area contributed by atoms with Gasteiger partial charge in [0.1, 0.15) is 0 Å². The summed E-state index contributed by atoms with van der Waals surface area (Å²) in [6, 6.07) is 1.35. The minimum absolute atomic E-state index is 0.719. The number of hydrogen-bond donors (Lipinski definition) is 0. The summed E-state index contributed by atoms with van der Waals surface area (Å²) in [5.41, 5.74) is 0. The van der Waals surface area contributed by atoms with Crippen molar-refractivity contribution < 1.29 is 8.42 Å². The van der Waals surface area contributed by atoms with Crippen LogP contribution in [0.2, 0.25) is 0 Å². The highest BCUT2D eigenvalue weighted by Crippen LogP contribution is 1.81. The molecule has 8 heavy (non-hydrogen) atoms. The second-order valence-corrected chi connectivity index (χ2v) is 2.71. The monoisotopic (exact) mass is 130 g/mol. The SMILES string of the molecule is N#CCS(=O)(=O)C#N. The van der Waals surface area contributed by atoms with Crippen LogP contribution in [0.1, 0.15) is 0 Å². The zero-order chi connectivity index (χ0) is 6.62. The summed E-state index contributed by atoms with van der Waals surface area (Å²) in [5.74, 6) is -0.719. The van der Waals surface area contributed by atoms with Crippen LogP contribution in [0.5, 0.6) is 0 Å². The zero-order valence-electron chi connectivity index (χ0n) is 3.83. The third-order valence-corrected chi connectivity index (χ3v) is 1.18. The molecule has 0 radical (unpaired) electrons. The van der Waals surface area contributed by atoms with Crippen LogP contribution in [0.15, 0.2) is 0 Å². The highest BCUT2D eigenvalue weighted by molar-refractivity contribution is 7.96. The van der Waals surface area contributed by atoms with Gasteiger partial charge in [0.25, 0.3) is 9.84 Å². The Kier molecular flexibility index (Phi) is 1.99. The third kappa shape index (κ3) is 2.17. The van der Waals surface area contributed by atoms with E-state index in [9.17, 15) is 8.42 Å². The average Bonchev–Trinajstić information content (AvgIpc) is 1.67. The molecule has 0 saturated heterocycles. The van der Waals surface area contributed by atoms with E-state index in [2.05, 4.69) is 0 Å². The van der Waals surface area contributed by atoms with Gasteiger partial charge in [-0.05, 0) is 0 Å². The van der Waals surface area contributed by atoms with Crippen molar-refractivity contribution in [1.82, 2.24) is 0 Å². The smallest absolute Gasteiger partial charge is 0.212 e. The molecule has 0 amide bonds. The summed E-state index contributed by atoms with van der Waals surface area (Å²) in [6.07, 6.45) is 0. The quantitative estimate of drug-likeness (QED) is 0.350. The van der Waals surface area contributed by atoms with Gasteiger partial charge in [-0.15, -0.1) is 0 Å². The molecule has 0 fully saturated rings. The Morgan fingerprint density at radius 3 is 2.00 bits per heavy atom. The first-order valence-electron chi connectivity index (χ1n) is 1.63. The molecule has 0 spiro atoms. The molecule has 0 bridgehead atoms. The molecule has 0 aliphatic heterocycles. The van der Waals surface area contributed by atoms with Gasteiger partial charge >= 0.3 is 0 Å². The lowest BCUT2D eigenvalue weighted by Gasteiger charge is -1.75. The van der Waals surface area contributed by atoms with Crippen LogP contribution in [0.3, 0.4) is 0 Å². The average molecular weight is 130 g/mol. The van der Waals surface area contributed by atoms with Crippen LogP contribution in [0, 0.1) is 22.0 Å². The minimum Gasteiger partial charge on any atom is -0.212 e. The molecule has 0 aromatic heterocycles. The van der Waals surface area contributed by atoms with Crippen molar-refractivity contribution in [2.24, 2.45) is 0 Å². The van der Waals surface area contributed by atoms with Crippen molar-refractivity contribution in [1.29, 1.82) is 10.5 Å². The van der Waals surface area contributed by atoms with E-state index < -0.39 is 15.6 Å². The van der Waals surface area contributed by atoms with Crippen molar-refractivity contribution in [2.45, 2.75) is 0 Å². The maximum Gasteiger partial charge on any atom is 0.254 e. The molecule has 0 heterocycles. The van der Waals surface area contributed by atoms with Crippen LogP contribution in [-0.2, 0) is 9.84 Å². The summed E-state index contributed by atoms with van der Waals surface area (Å²) >= 11 is 0. The molecule has 0 unspecified atom stereocenters. The Morgan fingerprint density at radius 2 is 1.88 bits per heavy atom.